The van der Waals surface area contributed by atoms with E-state index in [9.17, 15) is 4.79 Å². The molecule has 0 aliphatic rings. The van der Waals surface area contributed by atoms with Gasteiger partial charge in [-0.3, -0.25) is 9.78 Å². The van der Waals surface area contributed by atoms with Gasteiger partial charge in [-0.1, -0.05) is 25.9 Å². The zero-order valence-electron chi connectivity index (χ0n) is 11.5. The summed E-state index contributed by atoms with van der Waals surface area (Å²) in [5.74, 6) is 0.829. The lowest BCUT2D eigenvalue weighted by atomic mass is 9.88. The molecule has 2 rings (SSSR count). The highest BCUT2D eigenvalue weighted by Crippen LogP contribution is 2.24. The van der Waals surface area contributed by atoms with Gasteiger partial charge in [-0.15, -0.1) is 0 Å². The van der Waals surface area contributed by atoms with Crippen molar-refractivity contribution in [3.05, 3.63) is 41.4 Å². The predicted molar refractivity (Wildman–Crippen MR) is 72.1 cm³/mol. The molecule has 0 fully saturated rings. The van der Waals surface area contributed by atoms with Crippen molar-refractivity contribution >= 4 is 11.7 Å². The molecule has 0 saturated carbocycles. The summed E-state index contributed by atoms with van der Waals surface area (Å²) in [4.78, 5) is 16.6. The minimum absolute atomic E-state index is 0.201. The first kappa shape index (κ1) is 13.3. The summed E-state index contributed by atoms with van der Waals surface area (Å²) in [6.07, 6.45) is 1.69. The normalized spacial score (nSPS) is 11.4. The number of nitrogens with one attached hydrogen (secondary N) is 1. The van der Waals surface area contributed by atoms with Crippen LogP contribution in [0.3, 0.4) is 0 Å². The molecule has 19 heavy (non-hydrogen) atoms. The average Bonchev–Trinajstić information content (AvgIpc) is 2.73. The quantitative estimate of drug-likeness (QED) is 0.900. The van der Waals surface area contributed by atoms with Crippen molar-refractivity contribution < 1.29 is 9.32 Å². The Kier molecular flexibility index (Phi) is 3.38. The molecule has 100 valence electrons. The highest BCUT2D eigenvalue weighted by atomic mass is 16.5. The Labute approximate surface area is 112 Å². The van der Waals surface area contributed by atoms with Crippen LogP contribution >= 0.6 is 0 Å². The van der Waals surface area contributed by atoms with Crippen molar-refractivity contribution in [1.29, 1.82) is 0 Å². The lowest BCUT2D eigenvalue weighted by molar-refractivity contribution is 0.102. The van der Waals surface area contributed by atoms with Crippen molar-refractivity contribution in [2.75, 3.05) is 5.32 Å². The zero-order valence-corrected chi connectivity index (χ0v) is 11.5. The third-order valence-electron chi connectivity index (χ3n) is 2.63. The van der Waals surface area contributed by atoms with Crippen molar-refractivity contribution in [2.24, 2.45) is 0 Å². The van der Waals surface area contributed by atoms with E-state index in [0.717, 1.165) is 5.69 Å². The molecule has 5 nitrogen and oxygen atoms in total. The van der Waals surface area contributed by atoms with Gasteiger partial charge >= 0.3 is 0 Å². The number of pyridine rings is 1. The molecular formula is C14H17N3O2. The smallest absolute Gasteiger partial charge is 0.258 e. The van der Waals surface area contributed by atoms with Gasteiger partial charge in [-0.25, -0.2) is 0 Å². The van der Waals surface area contributed by atoms with Crippen LogP contribution in [0.25, 0.3) is 0 Å². The summed E-state index contributed by atoms with van der Waals surface area (Å²) in [7, 11) is 0. The van der Waals surface area contributed by atoms with Crippen LogP contribution < -0.4 is 5.32 Å². The molecule has 0 radical (unpaired) electrons. The third-order valence-corrected chi connectivity index (χ3v) is 2.63. The number of rotatable bonds is 2. The van der Waals surface area contributed by atoms with Crippen LogP contribution in [0.5, 0.6) is 0 Å². The molecule has 0 aliphatic carbocycles. The number of amides is 1. The fourth-order valence-electron chi connectivity index (χ4n) is 1.80. The van der Waals surface area contributed by atoms with E-state index in [1.165, 1.54) is 0 Å². The first-order valence-corrected chi connectivity index (χ1v) is 6.08. The Bertz CT molecular complexity index is 597. The van der Waals surface area contributed by atoms with E-state index >= 15 is 0 Å². The monoisotopic (exact) mass is 259 g/mol. The molecule has 0 aromatic carbocycles. The largest absolute Gasteiger partial charge is 0.360 e. The Hall–Kier alpha value is -2.17. The Morgan fingerprint density at radius 2 is 2.11 bits per heavy atom. The maximum absolute atomic E-state index is 12.3. The van der Waals surface area contributed by atoms with Gasteiger partial charge < -0.3 is 9.84 Å². The molecule has 1 N–H and O–H groups in total. The van der Waals surface area contributed by atoms with Gasteiger partial charge in [0, 0.05) is 17.7 Å². The zero-order chi connectivity index (χ0) is 14.0. The standard InChI is InChI=1S/C14H17N3O2/c1-9-8-11(17-19-9)16-13(18)10-6-5-7-15-12(10)14(2,3)4/h5-8H,1-4H3,(H,16,17,18). The number of anilines is 1. The van der Waals surface area contributed by atoms with E-state index in [1.807, 2.05) is 20.8 Å². The molecular weight excluding hydrogens is 242 g/mol. The third kappa shape index (κ3) is 2.99. The lowest BCUT2D eigenvalue weighted by Gasteiger charge is -2.20. The summed E-state index contributed by atoms with van der Waals surface area (Å²) in [5.41, 5.74) is 1.11. The van der Waals surface area contributed by atoms with E-state index in [-0.39, 0.29) is 11.3 Å². The highest BCUT2D eigenvalue weighted by Gasteiger charge is 2.23. The fourth-order valence-corrected chi connectivity index (χ4v) is 1.80. The van der Waals surface area contributed by atoms with Crippen LogP contribution in [0.15, 0.2) is 28.9 Å². The number of aromatic nitrogens is 2. The van der Waals surface area contributed by atoms with E-state index in [1.54, 1.807) is 31.3 Å². The van der Waals surface area contributed by atoms with Gasteiger partial charge in [0.1, 0.15) is 5.76 Å². The van der Waals surface area contributed by atoms with Gasteiger partial charge in [0.2, 0.25) is 0 Å². The molecule has 5 heteroatoms. The summed E-state index contributed by atoms with van der Waals surface area (Å²) >= 11 is 0. The number of hydrogen-bond acceptors (Lipinski definition) is 4. The Morgan fingerprint density at radius 3 is 2.68 bits per heavy atom. The van der Waals surface area contributed by atoms with E-state index in [0.29, 0.717) is 17.1 Å². The van der Waals surface area contributed by atoms with E-state index < -0.39 is 0 Å². The minimum atomic E-state index is -0.230. The van der Waals surface area contributed by atoms with Gasteiger partial charge in [0.25, 0.3) is 5.91 Å². The second kappa shape index (κ2) is 4.84. The molecule has 0 unspecified atom stereocenters. The van der Waals surface area contributed by atoms with Crippen molar-refractivity contribution in [1.82, 2.24) is 10.1 Å². The fraction of sp³-hybridized carbons (Fsp3) is 0.357. The molecule has 0 spiro atoms. The predicted octanol–water partition coefficient (Wildman–Crippen LogP) is 2.93. The Balaban J connectivity index is 2.29. The summed E-state index contributed by atoms with van der Waals surface area (Å²) in [6, 6.07) is 5.18. The number of hydrogen-bond donors (Lipinski definition) is 1. The minimum Gasteiger partial charge on any atom is -0.360 e. The Morgan fingerprint density at radius 1 is 1.37 bits per heavy atom. The van der Waals surface area contributed by atoms with Crippen LogP contribution in [0.2, 0.25) is 0 Å². The average molecular weight is 259 g/mol. The molecule has 2 heterocycles. The molecule has 0 atom stereocenters. The van der Waals surface area contributed by atoms with E-state index in [2.05, 4.69) is 15.5 Å². The van der Waals surface area contributed by atoms with Crippen molar-refractivity contribution in [2.45, 2.75) is 33.1 Å². The topological polar surface area (TPSA) is 68.0 Å². The van der Waals surface area contributed by atoms with Crippen LogP contribution in [0.1, 0.15) is 42.6 Å². The first-order chi connectivity index (χ1) is 8.88. The van der Waals surface area contributed by atoms with Crippen LogP contribution in [-0.2, 0) is 5.41 Å². The second-order valence-corrected chi connectivity index (χ2v) is 5.43. The first-order valence-electron chi connectivity index (χ1n) is 6.08. The summed E-state index contributed by atoms with van der Waals surface area (Å²) in [5, 5.41) is 6.45. The summed E-state index contributed by atoms with van der Waals surface area (Å²) in [6.45, 7) is 7.83. The van der Waals surface area contributed by atoms with Crippen molar-refractivity contribution in [3.63, 3.8) is 0 Å². The van der Waals surface area contributed by atoms with Crippen LogP contribution in [-0.4, -0.2) is 16.0 Å². The van der Waals surface area contributed by atoms with Crippen molar-refractivity contribution in [3.8, 4) is 0 Å². The second-order valence-electron chi connectivity index (χ2n) is 5.43. The molecule has 0 aliphatic heterocycles. The van der Waals surface area contributed by atoms with Gasteiger partial charge in [0.15, 0.2) is 5.82 Å². The number of carbonyl (C=O) groups excluding carboxylic acids is 1. The van der Waals surface area contributed by atoms with E-state index in [4.69, 9.17) is 4.52 Å². The maximum atomic E-state index is 12.3. The van der Waals surface area contributed by atoms with Gasteiger partial charge in [-0.05, 0) is 19.1 Å². The number of nitrogens with zero attached hydrogens (tertiary/aromatic N) is 2. The van der Waals surface area contributed by atoms with Gasteiger partial charge in [-0.2, -0.15) is 0 Å². The van der Waals surface area contributed by atoms with Crippen LogP contribution in [0, 0.1) is 6.92 Å². The van der Waals surface area contributed by atoms with Crippen LogP contribution in [0.4, 0.5) is 5.82 Å². The molecule has 2 aromatic heterocycles. The maximum Gasteiger partial charge on any atom is 0.258 e. The molecule has 0 saturated heterocycles. The SMILES string of the molecule is Cc1cc(NC(=O)c2cccnc2C(C)(C)C)no1. The lowest BCUT2D eigenvalue weighted by Crippen LogP contribution is -2.22. The molecule has 0 bridgehead atoms. The molecule has 1 amide bonds. The number of aryl methyl sites for hydroxylation is 1. The van der Waals surface area contributed by atoms with Gasteiger partial charge in [0.05, 0.1) is 11.3 Å². The summed E-state index contributed by atoms with van der Waals surface area (Å²) < 4.78 is 4.92. The highest BCUT2D eigenvalue weighted by molar-refractivity contribution is 6.04. The molecule has 2 aromatic rings. The number of carbonyl (C=O) groups is 1.